The molecule has 6 heteroatoms. The van der Waals surface area contributed by atoms with E-state index in [1.165, 1.54) is 6.42 Å². The second-order valence-electron chi connectivity index (χ2n) is 6.58. The largest absolute Gasteiger partial charge is 0.491 e. The van der Waals surface area contributed by atoms with Gasteiger partial charge in [-0.25, -0.2) is 0 Å². The molecule has 1 N–H and O–H groups in total. The van der Waals surface area contributed by atoms with E-state index >= 15 is 0 Å². The lowest BCUT2D eigenvalue weighted by Crippen LogP contribution is -2.64. The van der Waals surface area contributed by atoms with Gasteiger partial charge in [-0.1, -0.05) is 0 Å². The second-order valence-corrected chi connectivity index (χ2v) is 7.43. The van der Waals surface area contributed by atoms with Crippen LogP contribution in [0.1, 0.15) is 19.3 Å². The van der Waals surface area contributed by atoms with Gasteiger partial charge in [-0.15, -0.1) is 0 Å². The van der Waals surface area contributed by atoms with Crippen molar-refractivity contribution in [1.82, 2.24) is 4.90 Å². The first kappa shape index (κ1) is 15.4. The zero-order chi connectivity index (χ0) is 15.8. The Kier molecular flexibility index (Phi) is 4.30. The van der Waals surface area contributed by atoms with Gasteiger partial charge in [0.05, 0.1) is 17.7 Å². The van der Waals surface area contributed by atoms with Crippen molar-refractivity contribution < 1.29 is 14.3 Å². The van der Waals surface area contributed by atoms with Gasteiger partial charge < -0.3 is 14.8 Å². The van der Waals surface area contributed by atoms with E-state index in [1.807, 2.05) is 18.2 Å². The molecule has 0 spiro atoms. The molecular formula is C17H21BrN2O3. The Labute approximate surface area is 144 Å². The van der Waals surface area contributed by atoms with Crippen LogP contribution in [0.5, 0.6) is 5.75 Å². The number of hydrogen-bond donors (Lipinski definition) is 1. The second kappa shape index (κ2) is 6.42. The lowest BCUT2D eigenvalue weighted by Gasteiger charge is -2.52. The van der Waals surface area contributed by atoms with E-state index in [2.05, 4.69) is 26.1 Å². The van der Waals surface area contributed by atoms with Crippen LogP contribution in [0.2, 0.25) is 0 Å². The maximum Gasteiger partial charge on any atom is 0.227 e. The molecule has 2 bridgehead atoms. The Balaban J connectivity index is 1.28. The summed E-state index contributed by atoms with van der Waals surface area (Å²) in [5.74, 6) is 1.15. The fourth-order valence-electron chi connectivity index (χ4n) is 3.32. The summed E-state index contributed by atoms with van der Waals surface area (Å²) in [5.41, 5.74) is 0.815. The van der Waals surface area contributed by atoms with E-state index in [1.54, 1.807) is 0 Å². The Hall–Kier alpha value is -1.11. The number of rotatable bonds is 6. The van der Waals surface area contributed by atoms with E-state index in [9.17, 15) is 4.79 Å². The summed E-state index contributed by atoms with van der Waals surface area (Å²) in [6, 6.07) is 6.88. The van der Waals surface area contributed by atoms with Gasteiger partial charge in [0.25, 0.3) is 0 Å². The molecule has 1 saturated carbocycles. The number of amides is 1. The van der Waals surface area contributed by atoms with Gasteiger partial charge in [-0.05, 0) is 53.4 Å². The van der Waals surface area contributed by atoms with Crippen LogP contribution in [0.3, 0.4) is 0 Å². The van der Waals surface area contributed by atoms with Gasteiger partial charge in [0, 0.05) is 30.2 Å². The number of hydrogen-bond acceptors (Lipinski definition) is 4. The lowest BCUT2D eigenvalue weighted by atomic mass is 9.91. The number of nitrogens with one attached hydrogen (secondary N) is 1. The summed E-state index contributed by atoms with van der Waals surface area (Å²) >= 11 is 3.53. The van der Waals surface area contributed by atoms with Crippen molar-refractivity contribution >= 4 is 27.5 Å². The summed E-state index contributed by atoms with van der Waals surface area (Å²) in [4.78, 5) is 14.3. The number of halogens is 1. The average Bonchev–Trinajstić information content (AvgIpc) is 3.38. The highest BCUT2D eigenvalue weighted by Gasteiger charge is 2.41. The Morgan fingerprint density at radius 3 is 2.78 bits per heavy atom. The maximum absolute atomic E-state index is 11.8. The number of nitrogens with zero attached hydrogens (tertiary/aromatic N) is 1. The minimum atomic E-state index is 0.122. The van der Waals surface area contributed by atoms with Crippen LogP contribution in [-0.2, 0) is 9.53 Å². The molecule has 3 aliphatic rings. The standard InChI is InChI=1S/C17H21BrN2O3/c18-15-7-12(19-17(21)11-1-2-11)3-4-16(15)23-6-5-20-13-8-14(20)10-22-9-13/h3-4,7,11,13-14H,1-2,5-6,8-10H2,(H,19,21)/t13-,14+. The lowest BCUT2D eigenvalue weighted by molar-refractivity contribution is -0.129. The van der Waals surface area contributed by atoms with E-state index in [0.29, 0.717) is 18.7 Å². The number of carbonyl (C=O) groups excluding carboxylic acids is 1. The normalized spacial score (nSPS) is 26.5. The number of ether oxygens (including phenoxy) is 2. The minimum Gasteiger partial charge on any atom is -0.491 e. The molecule has 1 aromatic rings. The number of fused-ring (bicyclic) bond motifs is 2. The molecule has 1 amide bonds. The molecule has 23 heavy (non-hydrogen) atoms. The van der Waals surface area contributed by atoms with Crippen LogP contribution in [0, 0.1) is 5.92 Å². The molecule has 2 saturated heterocycles. The Bertz CT molecular complexity index is 592. The average molecular weight is 381 g/mol. The number of benzene rings is 1. The van der Waals surface area contributed by atoms with Crippen LogP contribution in [0.4, 0.5) is 5.69 Å². The Morgan fingerprint density at radius 1 is 1.35 bits per heavy atom. The fourth-order valence-corrected chi connectivity index (χ4v) is 3.82. The van der Waals surface area contributed by atoms with Crippen molar-refractivity contribution in [2.45, 2.75) is 31.3 Å². The van der Waals surface area contributed by atoms with Gasteiger partial charge in [-0.3, -0.25) is 9.69 Å². The van der Waals surface area contributed by atoms with Crippen molar-refractivity contribution in [1.29, 1.82) is 0 Å². The van der Waals surface area contributed by atoms with Crippen molar-refractivity contribution in [2.24, 2.45) is 5.92 Å². The minimum absolute atomic E-state index is 0.122. The van der Waals surface area contributed by atoms with Crippen LogP contribution in [0.25, 0.3) is 0 Å². The molecule has 1 aliphatic carbocycles. The summed E-state index contributed by atoms with van der Waals surface area (Å²) in [5, 5.41) is 2.94. The summed E-state index contributed by atoms with van der Waals surface area (Å²) < 4.78 is 12.2. The highest BCUT2D eigenvalue weighted by Crippen LogP contribution is 2.33. The topological polar surface area (TPSA) is 50.8 Å². The molecule has 2 heterocycles. The SMILES string of the molecule is O=C(Nc1ccc(OCCN2[C@@H]3COC[C@H]2C3)c(Br)c1)C1CC1. The quantitative estimate of drug-likeness (QED) is 0.823. The van der Waals surface area contributed by atoms with Gasteiger partial charge in [0.15, 0.2) is 0 Å². The van der Waals surface area contributed by atoms with Crippen molar-refractivity contribution in [3.63, 3.8) is 0 Å². The molecule has 124 valence electrons. The third kappa shape index (κ3) is 3.39. The molecule has 2 aliphatic heterocycles. The molecule has 4 rings (SSSR count). The first-order valence-corrected chi connectivity index (χ1v) is 9.07. The monoisotopic (exact) mass is 380 g/mol. The molecule has 0 unspecified atom stereocenters. The molecule has 0 radical (unpaired) electrons. The van der Waals surface area contributed by atoms with Crippen molar-refractivity contribution in [3.8, 4) is 5.75 Å². The van der Waals surface area contributed by atoms with E-state index in [4.69, 9.17) is 9.47 Å². The maximum atomic E-state index is 11.8. The summed E-state index contributed by atoms with van der Waals surface area (Å²) in [6.45, 7) is 3.32. The molecule has 0 aromatic heterocycles. The predicted molar refractivity (Wildman–Crippen MR) is 90.7 cm³/mol. The number of morpholine rings is 1. The smallest absolute Gasteiger partial charge is 0.227 e. The van der Waals surface area contributed by atoms with E-state index < -0.39 is 0 Å². The van der Waals surface area contributed by atoms with Gasteiger partial charge in [0.2, 0.25) is 5.91 Å². The van der Waals surface area contributed by atoms with Crippen LogP contribution in [0.15, 0.2) is 22.7 Å². The van der Waals surface area contributed by atoms with Crippen molar-refractivity contribution in [3.05, 3.63) is 22.7 Å². The molecule has 1 aromatic carbocycles. The molecule has 5 nitrogen and oxygen atoms in total. The number of carbonyl (C=O) groups is 1. The third-order valence-electron chi connectivity index (χ3n) is 4.86. The van der Waals surface area contributed by atoms with Crippen molar-refractivity contribution in [2.75, 3.05) is 31.7 Å². The number of anilines is 1. The molecule has 3 fully saturated rings. The van der Waals surface area contributed by atoms with Crippen LogP contribution >= 0.6 is 15.9 Å². The molecule has 2 atom stereocenters. The first-order chi connectivity index (χ1) is 11.2. The fraction of sp³-hybridized carbons (Fsp3) is 0.588. The first-order valence-electron chi connectivity index (χ1n) is 8.27. The van der Waals surface area contributed by atoms with E-state index in [0.717, 1.165) is 48.5 Å². The predicted octanol–water partition coefficient (Wildman–Crippen LogP) is 2.65. The van der Waals surface area contributed by atoms with Gasteiger partial charge in [0.1, 0.15) is 12.4 Å². The third-order valence-corrected chi connectivity index (χ3v) is 5.48. The van der Waals surface area contributed by atoms with Crippen LogP contribution < -0.4 is 10.1 Å². The zero-order valence-corrected chi connectivity index (χ0v) is 14.5. The highest BCUT2D eigenvalue weighted by molar-refractivity contribution is 9.10. The zero-order valence-electron chi connectivity index (χ0n) is 13.0. The Morgan fingerprint density at radius 2 is 2.13 bits per heavy atom. The summed E-state index contributed by atoms with van der Waals surface area (Å²) in [7, 11) is 0. The van der Waals surface area contributed by atoms with Gasteiger partial charge >= 0.3 is 0 Å². The van der Waals surface area contributed by atoms with E-state index in [-0.39, 0.29) is 11.8 Å². The summed E-state index contributed by atoms with van der Waals surface area (Å²) in [6.07, 6.45) is 3.29. The highest BCUT2D eigenvalue weighted by atomic mass is 79.9. The van der Waals surface area contributed by atoms with Crippen LogP contribution in [-0.4, -0.2) is 49.3 Å². The molecular weight excluding hydrogens is 360 g/mol. The van der Waals surface area contributed by atoms with Gasteiger partial charge in [-0.2, -0.15) is 0 Å².